The molecule has 2 aromatic rings. The van der Waals surface area contributed by atoms with Gasteiger partial charge in [-0.1, -0.05) is 30.3 Å². The van der Waals surface area contributed by atoms with Crippen LogP contribution in [0, 0.1) is 13.8 Å². The van der Waals surface area contributed by atoms with E-state index < -0.39 is 0 Å². The summed E-state index contributed by atoms with van der Waals surface area (Å²) in [5.74, 6) is 0. The second-order valence-corrected chi connectivity index (χ2v) is 5.09. The number of likely N-dealkylation sites (N-methyl/N-ethyl adjacent to an activating group) is 1. The summed E-state index contributed by atoms with van der Waals surface area (Å²) in [4.78, 5) is 2.24. The molecule has 0 atom stereocenters. The van der Waals surface area contributed by atoms with Crippen LogP contribution in [0.25, 0.3) is 10.8 Å². The summed E-state index contributed by atoms with van der Waals surface area (Å²) < 4.78 is 0. The molecule has 2 rings (SSSR count). The Morgan fingerprint density at radius 3 is 2.35 bits per heavy atom. The number of aryl methyl sites for hydroxylation is 2. The van der Waals surface area contributed by atoms with Gasteiger partial charge in [-0.2, -0.15) is 0 Å². The van der Waals surface area contributed by atoms with E-state index >= 15 is 0 Å². The monoisotopic (exact) mass is 227 g/mol. The molecule has 17 heavy (non-hydrogen) atoms. The van der Waals surface area contributed by atoms with Gasteiger partial charge in [-0.15, -0.1) is 0 Å². The van der Waals surface area contributed by atoms with Crippen LogP contribution in [0.15, 0.2) is 30.3 Å². The summed E-state index contributed by atoms with van der Waals surface area (Å²) in [5.41, 5.74) is 4.22. The van der Waals surface area contributed by atoms with Gasteiger partial charge in [-0.3, -0.25) is 0 Å². The molecule has 0 bridgehead atoms. The van der Waals surface area contributed by atoms with Gasteiger partial charge in [-0.25, -0.2) is 0 Å². The summed E-state index contributed by atoms with van der Waals surface area (Å²) in [6.45, 7) is 5.50. The molecule has 0 saturated carbocycles. The zero-order valence-electron chi connectivity index (χ0n) is 11.2. The van der Waals surface area contributed by atoms with Crippen LogP contribution in [0.2, 0.25) is 0 Å². The van der Waals surface area contributed by atoms with Gasteiger partial charge in [0.1, 0.15) is 0 Å². The van der Waals surface area contributed by atoms with E-state index in [9.17, 15) is 0 Å². The minimum Gasteiger partial charge on any atom is -0.309 e. The molecule has 0 aliphatic heterocycles. The third-order valence-corrected chi connectivity index (χ3v) is 3.38. The van der Waals surface area contributed by atoms with Crippen LogP contribution in [0.3, 0.4) is 0 Å². The van der Waals surface area contributed by atoms with Crippen LogP contribution >= 0.6 is 0 Å². The molecule has 0 heterocycles. The van der Waals surface area contributed by atoms with Crippen molar-refractivity contribution in [1.82, 2.24) is 4.90 Å². The highest BCUT2D eigenvalue weighted by atomic mass is 15.0. The van der Waals surface area contributed by atoms with E-state index in [1.807, 2.05) is 0 Å². The fourth-order valence-electron chi connectivity index (χ4n) is 2.42. The summed E-state index contributed by atoms with van der Waals surface area (Å²) >= 11 is 0. The molecule has 0 N–H and O–H groups in total. The van der Waals surface area contributed by atoms with Crippen LogP contribution in [0.5, 0.6) is 0 Å². The average Bonchev–Trinajstić information content (AvgIpc) is 2.28. The smallest absolute Gasteiger partial charge is 0.00159 e. The van der Waals surface area contributed by atoms with Crippen LogP contribution in [-0.4, -0.2) is 25.5 Å². The molecule has 90 valence electrons. The molecule has 0 saturated heterocycles. The maximum atomic E-state index is 2.28. The fourth-order valence-corrected chi connectivity index (χ4v) is 2.42. The van der Waals surface area contributed by atoms with Gasteiger partial charge < -0.3 is 4.90 Å². The van der Waals surface area contributed by atoms with Gasteiger partial charge in [-0.05, 0) is 61.8 Å². The van der Waals surface area contributed by atoms with E-state index in [2.05, 4.69) is 63.2 Å². The Hall–Kier alpha value is -1.34. The first-order chi connectivity index (χ1) is 8.09. The lowest BCUT2D eigenvalue weighted by molar-refractivity contribution is 0.414. The Kier molecular flexibility index (Phi) is 3.49. The van der Waals surface area contributed by atoms with Crippen molar-refractivity contribution in [2.45, 2.75) is 20.3 Å². The maximum absolute atomic E-state index is 2.28. The normalized spacial score (nSPS) is 11.4. The molecule has 0 aliphatic rings. The molecular weight excluding hydrogens is 206 g/mol. The summed E-state index contributed by atoms with van der Waals surface area (Å²) in [5, 5.41) is 2.86. The molecular formula is C16H21N. The van der Waals surface area contributed by atoms with Gasteiger partial charge in [0.05, 0.1) is 0 Å². The Morgan fingerprint density at radius 1 is 0.941 bits per heavy atom. The number of nitrogens with zero attached hydrogens (tertiary/aromatic N) is 1. The lowest BCUT2D eigenvalue weighted by Crippen LogP contribution is -2.15. The Balaban J connectivity index is 2.51. The van der Waals surface area contributed by atoms with E-state index in [-0.39, 0.29) is 0 Å². The van der Waals surface area contributed by atoms with E-state index in [4.69, 9.17) is 0 Å². The minimum atomic E-state index is 1.10. The summed E-state index contributed by atoms with van der Waals surface area (Å²) in [6.07, 6.45) is 1.12. The van der Waals surface area contributed by atoms with Crippen LogP contribution in [0.4, 0.5) is 0 Å². The highest BCUT2D eigenvalue weighted by Crippen LogP contribution is 2.25. The largest absolute Gasteiger partial charge is 0.309 e. The molecule has 0 aromatic heterocycles. The minimum absolute atomic E-state index is 1.10. The van der Waals surface area contributed by atoms with Gasteiger partial charge in [0.2, 0.25) is 0 Å². The molecule has 0 aliphatic carbocycles. The molecule has 2 aromatic carbocycles. The number of rotatable bonds is 3. The SMILES string of the molecule is Cc1cccc2c(CCN(C)C)ccc(C)c12. The molecule has 0 fully saturated rings. The average molecular weight is 227 g/mol. The number of hydrogen-bond donors (Lipinski definition) is 0. The van der Waals surface area contributed by atoms with Crippen LogP contribution in [-0.2, 0) is 6.42 Å². The topological polar surface area (TPSA) is 3.24 Å². The predicted molar refractivity (Wildman–Crippen MR) is 75.7 cm³/mol. The zero-order valence-corrected chi connectivity index (χ0v) is 11.2. The van der Waals surface area contributed by atoms with Gasteiger partial charge in [0, 0.05) is 6.54 Å². The predicted octanol–water partition coefficient (Wildman–Crippen LogP) is 3.56. The third-order valence-electron chi connectivity index (χ3n) is 3.38. The van der Waals surface area contributed by atoms with Crippen molar-refractivity contribution in [3.05, 3.63) is 47.0 Å². The Bertz CT molecular complexity index is 518. The lowest BCUT2D eigenvalue weighted by atomic mass is 9.95. The highest BCUT2D eigenvalue weighted by Gasteiger charge is 2.05. The van der Waals surface area contributed by atoms with E-state index in [1.165, 1.54) is 27.5 Å². The number of benzene rings is 2. The quantitative estimate of drug-likeness (QED) is 0.775. The van der Waals surface area contributed by atoms with E-state index in [0.717, 1.165) is 13.0 Å². The van der Waals surface area contributed by atoms with Gasteiger partial charge >= 0.3 is 0 Å². The zero-order chi connectivity index (χ0) is 12.4. The van der Waals surface area contributed by atoms with Crippen LogP contribution in [0.1, 0.15) is 16.7 Å². The van der Waals surface area contributed by atoms with Crippen molar-refractivity contribution < 1.29 is 0 Å². The van der Waals surface area contributed by atoms with Crippen molar-refractivity contribution in [2.75, 3.05) is 20.6 Å². The first-order valence-electron chi connectivity index (χ1n) is 6.22. The van der Waals surface area contributed by atoms with E-state index in [0.29, 0.717) is 0 Å². The highest BCUT2D eigenvalue weighted by molar-refractivity contribution is 5.91. The first kappa shape index (κ1) is 12.1. The molecule has 0 unspecified atom stereocenters. The molecule has 0 spiro atoms. The Labute approximate surface area is 104 Å². The van der Waals surface area contributed by atoms with Crippen LogP contribution < -0.4 is 0 Å². The summed E-state index contributed by atoms with van der Waals surface area (Å²) in [7, 11) is 4.25. The van der Waals surface area contributed by atoms with Gasteiger partial charge in [0.15, 0.2) is 0 Å². The summed E-state index contributed by atoms with van der Waals surface area (Å²) in [6, 6.07) is 11.1. The first-order valence-corrected chi connectivity index (χ1v) is 6.22. The van der Waals surface area contributed by atoms with Crippen molar-refractivity contribution in [3.8, 4) is 0 Å². The Morgan fingerprint density at radius 2 is 1.65 bits per heavy atom. The maximum Gasteiger partial charge on any atom is 0.00159 e. The standard InChI is InChI=1S/C16H21N/c1-12-6-5-7-15-14(10-11-17(3)4)9-8-13(2)16(12)15/h5-9H,10-11H2,1-4H3. The van der Waals surface area contributed by atoms with Crippen molar-refractivity contribution >= 4 is 10.8 Å². The van der Waals surface area contributed by atoms with Gasteiger partial charge in [0.25, 0.3) is 0 Å². The second kappa shape index (κ2) is 4.89. The molecule has 1 nitrogen and oxygen atoms in total. The van der Waals surface area contributed by atoms with E-state index in [1.54, 1.807) is 0 Å². The second-order valence-electron chi connectivity index (χ2n) is 5.09. The van der Waals surface area contributed by atoms with Crippen molar-refractivity contribution in [1.29, 1.82) is 0 Å². The number of hydrogen-bond acceptors (Lipinski definition) is 1. The third kappa shape index (κ3) is 2.50. The lowest BCUT2D eigenvalue weighted by Gasteiger charge is -2.13. The van der Waals surface area contributed by atoms with Crippen molar-refractivity contribution in [3.63, 3.8) is 0 Å². The number of fused-ring (bicyclic) bond motifs is 1. The molecule has 1 heteroatoms. The fraction of sp³-hybridized carbons (Fsp3) is 0.375. The molecule has 0 amide bonds. The van der Waals surface area contributed by atoms with Crippen molar-refractivity contribution in [2.24, 2.45) is 0 Å². The molecule has 0 radical (unpaired) electrons.